The fraction of sp³-hybridized carbons (Fsp3) is 0.796. The van der Waals surface area contributed by atoms with Crippen molar-refractivity contribution in [3.63, 3.8) is 0 Å². The van der Waals surface area contributed by atoms with Crippen LogP contribution in [0.25, 0.3) is 0 Å². The molecule has 13 unspecified atom stereocenters. The maximum atomic E-state index is 13.2. The van der Waals surface area contributed by atoms with E-state index in [0.29, 0.717) is 54.9 Å². The molecule has 4 saturated heterocycles. The van der Waals surface area contributed by atoms with Crippen molar-refractivity contribution in [2.24, 2.45) is 57.2 Å². The molecule has 2 aromatic carbocycles. The molecular formula is C93H174O17. The second-order valence-electron chi connectivity index (χ2n) is 32.9. The molecule has 110 heavy (non-hydrogen) atoms. The number of phenolic OH excluding ortho intramolecular Hbond substituents is 2. The number of esters is 7. The minimum atomic E-state index is -0.601. The molecule has 13 atom stereocenters. The summed E-state index contributed by atoms with van der Waals surface area (Å²) in [5, 5.41) is 18.2. The van der Waals surface area contributed by atoms with E-state index >= 15 is 0 Å². The molecule has 5 saturated carbocycles. The molecule has 17 heteroatoms. The molecule has 2 N–H and O–H groups in total. The molecule has 9 aliphatic rings. The van der Waals surface area contributed by atoms with Crippen molar-refractivity contribution in [3.05, 3.63) is 59.7 Å². The Morgan fingerprint density at radius 3 is 1.35 bits per heavy atom. The lowest BCUT2D eigenvalue weighted by atomic mass is 9.78. The van der Waals surface area contributed by atoms with Crippen LogP contribution in [0.3, 0.4) is 0 Å². The van der Waals surface area contributed by atoms with Crippen LogP contribution in [-0.4, -0.2) is 105 Å². The monoisotopic (exact) mass is 1560 g/mol. The maximum absolute atomic E-state index is 13.2. The first-order valence-corrected chi connectivity index (χ1v) is 37.6. The number of fused-ring (bicyclic) bond motifs is 2. The van der Waals surface area contributed by atoms with E-state index in [1.54, 1.807) is 18.2 Å². The number of aromatic hydroxyl groups is 2. The van der Waals surface area contributed by atoms with Gasteiger partial charge in [-0.1, -0.05) is 190 Å². The molecule has 0 amide bonds. The van der Waals surface area contributed by atoms with Crippen LogP contribution in [0.1, 0.15) is 385 Å². The van der Waals surface area contributed by atoms with Gasteiger partial charge in [-0.05, 0) is 250 Å². The van der Waals surface area contributed by atoms with E-state index in [1.807, 2.05) is 113 Å². The van der Waals surface area contributed by atoms with E-state index in [2.05, 4.69) is 55.4 Å². The predicted octanol–water partition coefficient (Wildman–Crippen LogP) is 25.1. The third kappa shape index (κ3) is 28.1. The Morgan fingerprint density at radius 1 is 0.482 bits per heavy atom. The van der Waals surface area contributed by atoms with Gasteiger partial charge in [-0.2, -0.15) is 0 Å². The summed E-state index contributed by atoms with van der Waals surface area (Å²) < 4.78 is 45.4. The van der Waals surface area contributed by atoms with E-state index in [0.717, 1.165) is 83.5 Å². The first-order chi connectivity index (χ1) is 45.9. The van der Waals surface area contributed by atoms with Crippen LogP contribution in [0.5, 0.6) is 11.5 Å². The molecule has 2 aromatic rings. The van der Waals surface area contributed by atoms with Crippen molar-refractivity contribution in [2.75, 3.05) is 0 Å². The summed E-state index contributed by atoms with van der Waals surface area (Å²) in [5.41, 5.74) is -0.0158. The molecule has 4 aliphatic heterocycles. The number of rotatable bonds is 20. The van der Waals surface area contributed by atoms with Gasteiger partial charge in [-0.15, -0.1) is 0 Å². The Bertz CT molecular complexity index is 2980. The molecule has 4 heterocycles. The van der Waals surface area contributed by atoms with Gasteiger partial charge < -0.3 is 48.1 Å². The van der Waals surface area contributed by atoms with Crippen LogP contribution < -0.4 is 0 Å². The third-order valence-corrected chi connectivity index (χ3v) is 24.2. The normalized spacial score (nSPS) is 24.5. The Hall–Kier alpha value is -5.71. The SMILES string of the molecule is C.C.C.C.C.C.C.C.C.C.C.C.CCC(C)(C)C(=O)OC1(C(C)C)CCCC1.CCC(C)(C)C(=O)OC1(C)CCCC1.CCC(C)(C)C(=O)OC1C2CC3C(=O)OC1C3O2.CCC(C)c1ccc(O)cc1.CCC(C)c1cccc(O)c1.CCC1(OC(=O)C2C3CC4C(OC(=O)C42)C3OC(=O)C(C)(C)CC)CCCC1. The first-order valence-electron chi connectivity index (χ1n) is 37.6. The minimum Gasteiger partial charge on any atom is -0.508 e. The van der Waals surface area contributed by atoms with Crippen molar-refractivity contribution in [1.82, 2.24) is 0 Å². The van der Waals surface area contributed by atoms with Gasteiger partial charge in [-0.3, -0.25) is 33.6 Å². The van der Waals surface area contributed by atoms with Crippen molar-refractivity contribution in [1.29, 1.82) is 0 Å². The highest BCUT2D eigenvalue weighted by atomic mass is 16.7. The van der Waals surface area contributed by atoms with Crippen LogP contribution in [0.4, 0.5) is 0 Å². The Labute approximate surface area is 676 Å². The lowest BCUT2D eigenvalue weighted by Gasteiger charge is -2.36. The third-order valence-electron chi connectivity index (χ3n) is 24.2. The summed E-state index contributed by atoms with van der Waals surface area (Å²) in [6.45, 7) is 40.3. The van der Waals surface area contributed by atoms with Crippen molar-refractivity contribution in [2.45, 2.75) is 428 Å². The van der Waals surface area contributed by atoms with Gasteiger partial charge in [0.2, 0.25) is 0 Å². The second-order valence-corrected chi connectivity index (χ2v) is 32.9. The molecule has 0 aromatic heterocycles. The average molecular weight is 1560 g/mol. The summed E-state index contributed by atoms with van der Waals surface area (Å²) in [6, 6.07) is 14.9. The zero-order chi connectivity index (χ0) is 73.1. The second kappa shape index (κ2) is 49.1. The molecule has 648 valence electrons. The number of ether oxygens (including phenoxy) is 8. The Kier molecular flexibility index (Phi) is 52.5. The van der Waals surface area contributed by atoms with Crippen molar-refractivity contribution >= 4 is 41.8 Å². The molecule has 17 nitrogen and oxygen atoms in total. The van der Waals surface area contributed by atoms with Gasteiger partial charge in [0.05, 0.1) is 45.5 Å². The van der Waals surface area contributed by atoms with Gasteiger partial charge in [0.1, 0.15) is 46.6 Å². The van der Waals surface area contributed by atoms with Crippen molar-refractivity contribution in [3.8, 4) is 11.5 Å². The fourth-order valence-electron chi connectivity index (χ4n) is 14.6. The standard InChI is InChI=1S/C22H32O6.C14H26O2.C13H18O5.C12H22O2.2C10H14O.12CH4/c1-5-21(3,4)20(25)27-17-13-11-12-14(18(23)26-16(12)17)15(13)19(24)28-22(6-2)9-7-8-10-22;1-6-13(4,5)12(15)16-14(11(2)3)9-7-8-10-14;1-4-13(2,3)12(15)18-9-7-5-6-8(16-7)10(9)17-11(6)14;1-5-11(2,3)10(13)14-12(4)8-6-7-9-12;1-3-8(2)9-4-6-10(11)7-5-9;1-3-8(2)9-5-4-6-10(11)7-9;;;;;;;;;;;;/h12-17H,5-11H2,1-4H3;11H,6-10H2,1-5H3;6-10H,4-5H2,1-3H3;5-9H2,1-4H3;2*4-8,11H,3H2,1-2H3;12*1H4. The zero-order valence-electron chi connectivity index (χ0n) is 63.6. The highest BCUT2D eigenvalue weighted by molar-refractivity contribution is 5.87. The van der Waals surface area contributed by atoms with Gasteiger partial charge in [0.15, 0.2) is 12.2 Å². The van der Waals surface area contributed by atoms with E-state index < -0.39 is 52.7 Å². The molecule has 4 bridgehead atoms. The molecule has 11 rings (SSSR count). The number of hydrogen-bond acceptors (Lipinski definition) is 17. The largest absolute Gasteiger partial charge is 0.508 e. The highest BCUT2D eigenvalue weighted by Crippen LogP contribution is 2.60. The number of benzene rings is 2. The van der Waals surface area contributed by atoms with E-state index in [1.165, 1.54) is 36.8 Å². The van der Waals surface area contributed by atoms with E-state index in [4.69, 9.17) is 48.1 Å². The quantitative estimate of drug-likeness (QED) is 0.0926. The van der Waals surface area contributed by atoms with Gasteiger partial charge >= 0.3 is 41.8 Å². The predicted molar refractivity (Wildman–Crippen MR) is 458 cm³/mol. The van der Waals surface area contributed by atoms with Gasteiger partial charge in [0.25, 0.3) is 0 Å². The highest BCUT2D eigenvalue weighted by Gasteiger charge is 2.71. The summed E-state index contributed by atoms with van der Waals surface area (Å²) in [6.07, 6.45) is 18.1. The first kappa shape index (κ1) is 118. The summed E-state index contributed by atoms with van der Waals surface area (Å²) >= 11 is 0. The lowest BCUT2D eigenvalue weighted by molar-refractivity contribution is -0.178. The summed E-state index contributed by atoms with van der Waals surface area (Å²) in [4.78, 5) is 85.9. The smallest absolute Gasteiger partial charge is 0.312 e. The number of phenols is 2. The fourth-order valence-corrected chi connectivity index (χ4v) is 14.6. The average Bonchev–Trinajstić information content (AvgIpc) is 1.55. The van der Waals surface area contributed by atoms with Crippen LogP contribution in [-0.2, 0) is 71.5 Å². The summed E-state index contributed by atoms with van der Waals surface area (Å²) in [7, 11) is 0. The number of carbonyl (C=O) groups excluding carboxylic acids is 7. The Morgan fingerprint density at radius 2 is 0.909 bits per heavy atom. The van der Waals surface area contributed by atoms with E-state index in [9.17, 15) is 33.6 Å². The molecular weight excluding hydrogens is 1390 g/mol. The maximum Gasteiger partial charge on any atom is 0.312 e. The van der Waals surface area contributed by atoms with Crippen LogP contribution >= 0.6 is 0 Å². The molecule has 0 spiro atoms. The summed E-state index contributed by atoms with van der Waals surface area (Å²) in [5.74, 6) is -0.529. The topological polar surface area (TPSA) is 234 Å². The Balaban J connectivity index is -0.000000234. The van der Waals surface area contributed by atoms with Gasteiger partial charge in [0, 0.05) is 11.8 Å². The minimum absolute atomic E-state index is 0. The van der Waals surface area contributed by atoms with E-state index in [-0.39, 0.29) is 183 Å². The lowest BCUT2D eigenvalue weighted by Crippen LogP contribution is -2.46. The zero-order valence-corrected chi connectivity index (χ0v) is 63.6. The molecule has 5 aliphatic carbocycles. The number of hydrogen-bond donors (Lipinski definition) is 2. The van der Waals surface area contributed by atoms with Crippen LogP contribution in [0, 0.1) is 57.2 Å². The number of carbonyl (C=O) groups is 7. The van der Waals surface area contributed by atoms with Gasteiger partial charge in [-0.25, -0.2) is 0 Å². The molecule has 0 radical (unpaired) electrons. The van der Waals surface area contributed by atoms with Crippen molar-refractivity contribution < 1.29 is 81.7 Å². The molecule has 9 fully saturated rings. The van der Waals surface area contributed by atoms with Crippen LogP contribution in [0.15, 0.2) is 48.5 Å². The van der Waals surface area contributed by atoms with Crippen LogP contribution in [0.2, 0.25) is 0 Å².